The highest BCUT2D eigenvalue weighted by molar-refractivity contribution is 5.99. The van der Waals surface area contributed by atoms with E-state index in [-0.39, 0.29) is 5.91 Å². The summed E-state index contributed by atoms with van der Waals surface area (Å²) in [5.41, 5.74) is 6.48. The molecule has 106 valence electrons. The van der Waals surface area contributed by atoms with Gasteiger partial charge in [-0.1, -0.05) is 19.9 Å². The number of nitrogens with two attached hydrogens (primary N) is 1. The highest BCUT2D eigenvalue weighted by Gasteiger charge is 2.35. The summed E-state index contributed by atoms with van der Waals surface area (Å²) < 4.78 is 5.41. The number of benzene rings is 1. The van der Waals surface area contributed by atoms with Gasteiger partial charge < -0.3 is 15.4 Å². The van der Waals surface area contributed by atoms with Gasteiger partial charge >= 0.3 is 0 Å². The lowest BCUT2D eigenvalue weighted by atomic mass is 10.0. The minimum absolute atomic E-state index is 0.0232. The third-order valence-corrected chi connectivity index (χ3v) is 3.45. The predicted octanol–water partition coefficient (Wildman–Crippen LogP) is 2.83. The van der Waals surface area contributed by atoms with E-state index in [9.17, 15) is 4.79 Å². The largest absolute Gasteiger partial charge is 0.399 e. The molecule has 4 nitrogen and oxygen atoms in total. The van der Waals surface area contributed by atoms with Gasteiger partial charge in [0, 0.05) is 25.0 Å². The maximum Gasteiger partial charge on any atom is 0.258 e. The molecule has 0 fully saturated rings. The van der Waals surface area contributed by atoms with Gasteiger partial charge in [0.2, 0.25) is 0 Å². The minimum Gasteiger partial charge on any atom is -0.399 e. The van der Waals surface area contributed by atoms with Gasteiger partial charge in [0.25, 0.3) is 5.91 Å². The number of hydrogen-bond acceptors (Lipinski definition) is 3. The lowest BCUT2D eigenvalue weighted by Crippen LogP contribution is -2.48. The SMILES string of the molecule is CCCN(C(=O)C(C)(CC)OC)c1cccc(N)c1. The maximum atomic E-state index is 12.7. The number of nitrogen functional groups attached to an aromatic ring is 1. The van der Waals surface area contributed by atoms with Crippen LogP contribution in [0.3, 0.4) is 0 Å². The number of ether oxygens (including phenoxy) is 1. The summed E-state index contributed by atoms with van der Waals surface area (Å²) >= 11 is 0. The Morgan fingerprint density at radius 3 is 2.58 bits per heavy atom. The van der Waals surface area contributed by atoms with Crippen molar-refractivity contribution in [3.63, 3.8) is 0 Å². The quantitative estimate of drug-likeness (QED) is 0.804. The molecule has 4 heteroatoms. The molecule has 0 bridgehead atoms. The molecular weight excluding hydrogens is 240 g/mol. The van der Waals surface area contributed by atoms with Crippen LogP contribution in [0.5, 0.6) is 0 Å². The van der Waals surface area contributed by atoms with Gasteiger partial charge in [-0.05, 0) is 38.0 Å². The van der Waals surface area contributed by atoms with Gasteiger partial charge in [0.1, 0.15) is 5.60 Å². The Morgan fingerprint density at radius 1 is 1.42 bits per heavy atom. The molecule has 19 heavy (non-hydrogen) atoms. The second-order valence-electron chi connectivity index (χ2n) is 4.84. The highest BCUT2D eigenvalue weighted by atomic mass is 16.5. The monoisotopic (exact) mass is 264 g/mol. The molecule has 0 spiro atoms. The van der Waals surface area contributed by atoms with E-state index in [1.54, 1.807) is 12.0 Å². The molecule has 0 saturated carbocycles. The van der Waals surface area contributed by atoms with Crippen LogP contribution in [-0.2, 0) is 9.53 Å². The molecule has 0 aliphatic rings. The van der Waals surface area contributed by atoms with Crippen LogP contribution >= 0.6 is 0 Å². The Bertz CT molecular complexity index is 428. The van der Waals surface area contributed by atoms with Crippen molar-refractivity contribution in [1.82, 2.24) is 0 Å². The van der Waals surface area contributed by atoms with E-state index in [0.717, 1.165) is 12.1 Å². The fraction of sp³-hybridized carbons (Fsp3) is 0.533. The number of carbonyl (C=O) groups is 1. The number of nitrogens with zero attached hydrogens (tertiary/aromatic N) is 1. The number of rotatable bonds is 6. The average molecular weight is 264 g/mol. The number of methoxy groups -OCH3 is 1. The van der Waals surface area contributed by atoms with E-state index in [4.69, 9.17) is 10.5 Å². The number of amides is 1. The zero-order valence-corrected chi connectivity index (χ0v) is 12.3. The van der Waals surface area contributed by atoms with Crippen molar-refractivity contribution >= 4 is 17.3 Å². The molecule has 2 N–H and O–H groups in total. The third-order valence-electron chi connectivity index (χ3n) is 3.45. The molecule has 1 amide bonds. The van der Waals surface area contributed by atoms with Crippen LogP contribution in [0.1, 0.15) is 33.6 Å². The summed E-state index contributed by atoms with van der Waals surface area (Å²) in [4.78, 5) is 14.4. The summed E-state index contributed by atoms with van der Waals surface area (Å²) in [6.45, 7) is 6.47. The molecule has 1 aromatic carbocycles. The molecule has 1 aromatic rings. The Morgan fingerprint density at radius 2 is 2.11 bits per heavy atom. The van der Waals surface area contributed by atoms with Crippen LogP contribution < -0.4 is 10.6 Å². The van der Waals surface area contributed by atoms with Crippen molar-refractivity contribution < 1.29 is 9.53 Å². The first kappa shape index (κ1) is 15.5. The Labute approximate surface area is 115 Å². The Kier molecular flexibility index (Phi) is 5.36. The standard InChI is InChI=1S/C15H24N2O2/c1-5-10-17(13-9-7-8-12(16)11-13)14(18)15(3,6-2)19-4/h7-9,11H,5-6,10,16H2,1-4H3. The van der Waals surface area contributed by atoms with Crippen LogP contribution in [0.4, 0.5) is 11.4 Å². The highest BCUT2D eigenvalue weighted by Crippen LogP contribution is 2.24. The normalized spacial score (nSPS) is 13.9. The first-order valence-electron chi connectivity index (χ1n) is 6.71. The summed E-state index contributed by atoms with van der Waals surface area (Å²) in [6.07, 6.45) is 1.51. The zero-order valence-electron chi connectivity index (χ0n) is 12.3. The summed E-state index contributed by atoms with van der Waals surface area (Å²) in [5.74, 6) is -0.0232. The van der Waals surface area contributed by atoms with Crippen LogP contribution in [0.25, 0.3) is 0 Å². The van der Waals surface area contributed by atoms with E-state index in [1.807, 2.05) is 45.0 Å². The van der Waals surface area contributed by atoms with Crippen molar-refractivity contribution in [2.75, 3.05) is 24.3 Å². The summed E-state index contributed by atoms with van der Waals surface area (Å²) in [7, 11) is 1.57. The summed E-state index contributed by atoms with van der Waals surface area (Å²) in [5, 5.41) is 0. The number of hydrogen-bond donors (Lipinski definition) is 1. The maximum absolute atomic E-state index is 12.7. The van der Waals surface area contributed by atoms with E-state index in [1.165, 1.54) is 0 Å². The molecule has 0 aromatic heterocycles. The molecule has 1 rings (SSSR count). The van der Waals surface area contributed by atoms with Crippen molar-refractivity contribution in [2.45, 2.75) is 39.2 Å². The molecule has 0 heterocycles. The minimum atomic E-state index is -0.792. The number of anilines is 2. The molecule has 0 radical (unpaired) electrons. The Hall–Kier alpha value is -1.55. The van der Waals surface area contributed by atoms with E-state index in [0.29, 0.717) is 18.7 Å². The van der Waals surface area contributed by atoms with Gasteiger partial charge in [0.15, 0.2) is 0 Å². The predicted molar refractivity (Wildman–Crippen MR) is 79.2 cm³/mol. The average Bonchev–Trinajstić information content (AvgIpc) is 2.43. The van der Waals surface area contributed by atoms with Crippen LogP contribution in [0.2, 0.25) is 0 Å². The first-order valence-corrected chi connectivity index (χ1v) is 6.71. The smallest absolute Gasteiger partial charge is 0.258 e. The topological polar surface area (TPSA) is 55.6 Å². The van der Waals surface area contributed by atoms with E-state index >= 15 is 0 Å². The van der Waals surface area contributed by atoms with Gasteiger partial charge in [-0.2, -0.15) is 0 Å². The van der Waals surface area contributed by atoms with Gasteiger partial charge in [-0.3, -0.25) is 4.79 Å². The molecule has 1 atom stereocenters. The van der Waals surface area contributed by atoms with E-state index < -0.39 is 5.60 Å². The fourth-order valence-electron chi connectivity index (χ4n) is 1.93. The molecule has 0 aliphatic heterocycles. The van der Waals surface area contributed by atoms with Crippen molar-refractivity contribution in [2.24, 2.45) is 0 Å². The van der Waals surface area contributed by atoms with Crippen molar-refractivity contribution in [3.05, 3.63) is 24.3 Å². The second kappa shape index (κ2) is 6.57. The lowest BCUT2D eigenvalue weighted by molar-refractivity contribution is -0.138. The second-order valence-corrected chi connectivity index (χ2v) is 4.84. The van der Waals surface area contributed by atoms with Crippen LogP contribution in [0, 0.1) is 0 Å². The Balaban J connectivity index is 3.10. The van der Waals surface area contributed by atoms with Crippen molar-refractivity contribution in [1.29, 1.82) is 0 Å². The number of carbonyl (C=O) groups excluding carboxylic acids is 1. The van der Waals surface area contributed by atoms with Gasteiger partial charge in [-0.15, -0.1) is 0 Å². The van der Waals surface area contributed by atoms with E-state index in [2.05, 4.69) is 0 Å². The van der Waals surface area contributed by atoms with Crippen LogP contribution in [-0.4, -0.2) is 25.2 Å². The van der Waals surface area contributed by atoms with Crippen LogP contribution in [0.15, 0.2) is 24.3 Å². The third kappa shape index (κ3) is 3.47. The zero-order chi connectivity index (χ0) is 14.5. The molecule has 0 saturated heterocycles. The fourth-order valence-corrected chi connectivity index (χ4v) is 1.93. The molecular formula is C15H24N2O2. The molecule has 1 unspecified atom stereocenters. The first-order chi connectivity index (χ1) is 8.98. The van der Waals surface area contributed by atoms with Gasteiger partial charge in [-0.25, -0.2) is 0 Å². The molecule has 0 aliphatic carbocycles. The summed E-state index contributed by atoms with van der Waals surface area (Å²) in [6, 6.07) is 7.39. The van der Waals surface area contributed by atoms with Crippen molar-refractivity contribution in [3.8, 4) is 0 Å². The lowest BCUT2D eigenvalue weighted by Gasteiger charge is -2.33. The van der Waals surface area contributed by atoms with Gasteiger partial charge in [0.05, 0.1) is 0 Å².